The molecule has 1 N–H and O–H groups in total. The van der Waals surface area contributed by atoms with E-state index >= 15 is 0 Å². The Bertz CT molecular complexity index is 93.6. The molecule has 0 aromatic rings. The van der Waals surface area contributed by atoms with Crippen molar-refractivity contribution < 1.29 is 5.11 Å². The van der Waals surface area contributed by atoms with Crippen LogP contribution in [-0.4, -0.2) is 28.0 Å². The summed E-state index contributed by atoms with van der Waals surface area (Å²) in [6.07, 6.45) is 2.37. The lowest BCUT2D eigenvalue weighted by Crippen LogP contribution is -2.26. The van der Waals surface area contributed by atoms with Crippen LogP contribution in [0.4, 0.5) is 0 Å². The van der Waals surface area contributed by atoms with Gasteiger partial charge < -0.3 is 5.11 Å². The average molecular weight is 225 g/mol. The van der Waals surface area contributed by atoms with Gasteiger partial charge in [-0.3, -0.25) is 0 Å². The molecular formula is C7H13BrOS. The van der Waals surface area contributed by atoms with Crippen LogP contribution in [0.3, 0.4) is 0 Å². The van der Waals surface area contributed by atoms with Crippen molar-refractivity contribution in [1.29, 1.82) is 0 Å². The van der Waals surface area contributed by atoms with Crippen LogP contribution in [0.15, 0.2) is 0 Å². The van der Waals surface area contributed by atoms with Crippen LogP contribution in [0.5, 0.6) is 0 Å². The smallest absolute Gasteiger partial charge is 0.0672 e. The van der Waals surface area contributed by atoms with Crippen LogP contribution in [0.1, 0.15) is 12.8 Å². The van der Waals surface area contributed by atoms with Gasteiger partial charge in [0.15, 0.2) is 0 Å². The zero-order valence-corrected chi connectivity index (χ0v) is 8.33. The van der Waals surface area contributed by atoms with E-state index in [9.17, 15) is 5.11 Å². The molecule has 0 radical (unpaired) electrons. The molecule has 10 heavy (non-hydrogen) atoms. The second kappa shape index (κ2) is 4.62. The lowest BCUT2D eigenvalue weighted by atomic mass is 10.0. The first-order valence-electron chi connectivity index (χ1n) is 3.66. The molecule has 1 fully saturated rings. The van der Waals surface area contributed by atoms with E-state index in [4.69, 9.17) is 0 Å². The number of rotatable bonds is 2. The maximum Gasteiger partial charge on any atom is 0.0672 e. The minimum atomic E-state index is -0.118. The Morgan fingerprint density at radius 3 is 3.00 bits per heavy atom. The quantitative estimate of drug-likeness (QED) is 0.724. The Morgan fingerprint density at radius 1 is 1.70 bits per heavy atom. The first-order chi connectivity index (χ1) is 4.84. The van der Waals surface area contributed by atoms with Crippen LogP contribution in [0.25, 0.3) is 0 Å². The maximum absolute atomic E-state index is 9.42. The second-order valence-electron chi connectivity index (χ2n) is 2.70. The van der Waals surface area contributed by atoms with Crippen LogP contribution in [0.2, 0.25) is 0 Å². The number of thioether (sulfide) groups is 1. The van der Waals surface area contributed by atoms with E-state index in [1.165, 1.54) is 18.6 Å². The van der Waals surface area contributed by atoms with Crippen molar-refractivity contribution in [3.8, 4) is 0 Å². The Kier molecular flexibility index (Phi) is 4.11. The number of aliphatic hydroxyl groups is 1. The summed E-state index contributed by atoms with van der Waals surface area (Å²) >= 11 is 5.26. The Morgan fingerprint density at radius 2 is 2.50 bits per heavy atom. The predicted molar refractivity (Wildman–Crippen MR) is 49.8 cm³/mol. The fraction of sp³-hybridized carbons (Fsp3) is 1.00. The molecule has 1 rings (SSSR count). The largest absolute Gasteiger partial charge is 0.392 e. The molecule has 1 saturated heterocycles. The molecule has 0 bridgehead atoms. The Labute approximate surface area is 74.7 Å². The van der Waals surface area contributed by atoms with Crippen LogP contribution < -0.4 is 0 Å². The molecule has 1 heterocycles. The van der Waals surface area contributed by atoms with Crippen molar-refractivity contribution in [2.24, 2.45) is 5.92 Å². The third kappa shape index (κ3) is 2.44. The Hall–Kier alpha value is 0.790. The van der Waals surface area contributed by atoms with E-state index in [1.807, 2.05) is 11.8 Å². The zero-order chi connectivity index (χ0) is 7.40. The summed E-state index contributed by atoms with van der Waals surface area (Å²) in [5, 5.41) is 10.2. The SMILES string of the molecule is OC(CBr)C1CCCSC1. The molecule has 3 heteroatoms. The van der Waals surface area contributed by atoms with Crippen molar-refractivity contribution in [3.05, 3.63) is 0 Å². The summed E-state index contributed by atoms with van der Waals surface area (Å²) in [5.41, 5.74) is 0. The van der Waals surface area contributed by atoms with Gasteiger partial charge in [-0.2, -0.15) is 11.8 Å². The Balaban J connectivity index is 2.24. The fourth-order valence-electron chi connectivity index (χ4n) is 1.20. The van der Waals surface area contributed by atoms with Gasteiger partial charge in [0.1, 0.15) is 0 Å². The molecule has 0 aliphatic carbocycles. The highest BCUT2D eigenvalue weighted by Gasteiger charge is 2.20. The summed E-state index contributed by atoms with van der Waals surface area (Å²) in [4.78, 5) is 0. The van der Waals surface area contributed by atoms with Crippen molar-refractivity contribution in [2.75, 3.05) is 16.8 Å². The molecule has 0 aromatic carbocycles. The molecule has 0 amide bonds. The van der Waals surface area contributed by atoms with E-state index < -0.39 is 0 Å². The van der Waals surface area contributed by atoms with Crippen LogP contribution in [-0.2, 0) is 0 Å². The van der Waals surface area contributed by atoms with Gasteiger partial charge in [-0.1, -0.05) is 15.9 Å². The summed E-state index contributed by atoms with van der Waals surface area (Å²) in [6, 6.07) is 0. The molecule has 0 saturated carbocycles. The van der Waals surface area contributed by atoms with Gasteiger partial charge in [0.2, 0.25) is 0 Å². The predicted octanol–water partition coefficient (Wildman–Crippen LogP) is 1.89. The van der Waals surface area contributed by atoms with Gasteiger partial charge >= 0.3 is 0 Å². The van der Waals surface area contributed by atoms with Crippen molar-refractivity contribution in [2.45, 2.75) is 18.9 Å². The highest BCUT2D eigenvalue weighted by atomic mass is 79.9. The molecule has 0 spiro atoms. The van der Waals surface area contributed by atoms with E-state index in [0.29, 0.717) is 5.92 Å². The monoisotopic (exact) mass is 224 g/mol. The number of aliphatic hydroxyl groups excluding tert-OH is 1. The third-order valence-electron chi connectivity index (χ3n) is 1.90. The maximum atomic E-state index is 9.42. The minimum Gasteiger partial charge on any atom is -0.392 e. The molecule has 1 aliphatic heterocycles. The normalized spacial score (nSPS) is 30.0. The molecule has 2 atom stereocenters. The highest BCUT2D eigenvalue weighted by molar-refractivity contribution is 9.09. The second-order valence-corrected chi connectivity index (χ2v) is 4.50. The molecular weight excluding hydrogens is 212 g/mol. The lowest BCUT2D eigenvalue weighted by Gasteiger charge is -2.24. The summed E-state index contributed by atoms with van der Waals surface area (Å²) in [5.74, 6) is 2.97. The van der Waals surface area contributed by atoms with E-state index in [1.54, 1.807) is 0 Å². The van der Waals surface area contributed by atoms with Gasteiger partial charge in [0.05, 0.1) is 6.10 Å². The first-order valence-corrected chi connectivity index (χ1v) is 5.94. The standard InChI is InChI=1S/C7H13BrOS/c8-4-7(9)6-2-1-3-10-5-6/h6-7,9H,1-5H2. The minimum absolute atomic E-state index is 0.118. The third-order valence-corrected chi connectivity index (χ3v) is 3.80. The van der Waals surface area contributed by atoms with Gasteiger partial charge in [0, 0.05) is 5.33 Å². The molecule has 0 aromatic heterocycles. The zero-order valence-electron chi connectivity index (χ0n) is 5.92. The number of hydrogen-bond acceptors (Lipinski definition) is 2. The summed E-state index contributed by atoms with van der Waals surface area (Å²) in [6.45, 7) is 0. The number of hydrogen-bond donors (Lipinski definition) is 1. The van der Waals surface area contributed by atoms with E-state index in [-0.39, 0.29) is 6.10 Å². The molecule has 1 aliphatic rings. The van der Waals surface area contributed by atoms with Gasteiger partial charge in [-0.25, -0.2) is 0 Å². The van der Waals surface area contributed by atoms with Crippen molar-refractivity contribution in [3.63, 3.8) is 0 Å². The highest BCUT2D eigenvalue weighted by Crippen LogP contribution is 2.25. The first kappa shape index (κ1) is 8.88. The van der Waals surface area contributed by atoms with E-state index in [0.717, 1.165) is 11.1 Å². The lowest BCUT2D eigenvalue weighted by molar-refractivity contribution is 0.136. The van der Waals surface area contributed by atoms with Crippen molar-refractivity contribution >= 4 is 27.7 Å². The topological polar surface area (TPSA) is 20.2 Å². The average Bonchev–Trinajstić information content (AvgIpc) is 2.05. The molecule has 1 nitrogen and oxygen atoms in total. The van der Waals surface area contributed by atoms with Crippen LogP contribution in [0, 0.1) is 5.92 Å². The van der Waals surface area contributed by atoms with Gasteiger partial charge in [0.25, 0.3) is 0 Å². The van der Waals surface area contributed by atoms with Crippen LogP contribution >= 0.6 is 27.7 Å². The van der Waals surface area contributed by atoms with Crippen molar-refractivity contribution in [1.82, 2.24) is 0 Å². The van der Waals surface area contributed by atoms with Gasteiger partial charge in [-0.15, -0.1) is 0 Å². The molecule has 2 unspecified atom stereocenters. The summed E-state index contributed by atoms with van der Waals surface area (Å²) in [7, 11) is 0. The summed E-state index contributed by atoms with van der Waals surface area (Å²) < 4.78 is 0. The van der Waals surface area contributed by atoms with Gasteiger partial charge in [-0.05, 0) is 30.3 Å². The fourth-order valence-corrected chi connectivity index (χ4v) is 2.95. The number of alkyl halides is 1. The molecule has 60 valence electrons. The van der Waals surface area contributed by atoms with E-state index in [2.05, 4.69) is 15.9 Å². The number of halogens is 1.